The van der Waals surface area contributed by atoms with E-state index in [2.05, 4.69) is 20.6 Å². The number of para-hydroxylation sites is 1. The van der Waals surface area contributed by atoms with Crippen LogP contribution in [0.2, 0.25) is 0 Å². The maximum absolute atomic E-state index is 11.8. The van der Waals surface area contributed by atoms with Crippen molar-refractivity contribution >= 4 is 17.6 Å². The van der Waals surface area contributed by atoms with Gasteiger partial charge in [-0.05, 0) is 23.8 Å². The molecule has 0 radical (unpaired) electrons. The summed E-state index contributed by atoms with van der Waals surface area (Å²) >= 11 is 0. The molecule has 1 aliphatic rings. The number of hydrogen-bond donors (Lipinski definition) is 3. The number of guanidine groups is 1. The minimum Gasteiger partial charge on any atom is -0.370 e. The van der Waals surface area contributed by atoms with Crippen molar-refractivity contribution in [2.75, 3.05) is 18.4 Å². The van der Waals surface area contributed by atoms with Gasteiger partial charge in [0.05, 0.1) is 6.54 Å². The fourth-order valence-electron chi connectivity index (χ4n) is 2.79. The summed E-state index contributed by atoms with van der Waals surface area (Å²) in [6.07, 6.45) is 2.99. The minimum absolute atomic E-state index is 0.0237. The van der Waals surface area contributed by atoms with Gasteiger partial charge in [-0.3, -0.25) is 14.8 Å². The van der Waals surface area contributed by atoms with E-state index in [9.17, 15) is 4.79 Å². The van der Waals surface area contributed by atoms with Crippen molar-refractivity contribution < 1.29 is 4.79 Å². The molecule has 0 spiro atoms. The summed E-state index contributed by atoms with van der Waals surface area (Å²) in [7, 11) is 0. The molecule has 24 heavy (non-hydrogen) atoms. The zero-order valence-corrected chi connectivity index (χ0v) is 13.4. The molecule has 1 aromatic carbocycles. The SMILES string of the molecule is NC(=NCC1CC(=O)Nc2ccccc21)NCCc1ccccn1. The van der Waals surface area contributed by atoms with Gasteiger partial charge in [-0.25, -0.2) is 0 Å². The molecule has 1 aliphatic heterocycles. The zero-order chi connectivity index (χ0) is 16.8. The van der Waals surface area contributed by atoms with Gasteiger partial charge in [0, 0.05) is 42.9 Å². The van der Waals surface area contributed by atoms with E-state index >= 15 is 0 Å². The normalized spacial score (nSPS) is 17.1. The summed E-state index contributed by atoms with van der Waals surface area (Å²) in [5.41, 5.74) is 8.92. The first-order valence-electron chi connectivity index (χ1n) is 8.05. The number of aliphatic imine (C=N–C) groups is 1. The third-order valence-corrected chi connectivity index (χ3v) is 4.00. The summed E-state index contributed by atoms with van der Waals surface area (Å²) in [6, 6.07) is 13.7. The average Bonchev–Trinajstić information content (AvgIpc) is 2.60. The second kappa shape index (κ2) is 7.59. The van der Waals surface area contributed by atoms with Crippen molar-refractivity contribution in [3.05, 3.63) is 59.9 Å². The largest absolute Gasteiger partial charge is 0.370 e. The van der Waals surface area contributed by atoms with Gasteiger partial charge in [0.15, 0.2) is 5.96 Å². The Morgan fingerprint density at radius 1 is 1.29 bits per heavy atom. The fraction of sp³-hybridized carbons (Fsp3) is 0.278. The molecule has 0 bridgehead atoms. The molecule has 2 aromatic rings. The van der Waals surface area contributed by atoms with Crippen molar-refractivity contribution in [1.82, 2.24) is 10.3 Å². The molecule has 4 N–H and O–H groups in total. The van der Waals surface area contributed by atoms with Crippen molar-refractivity contribution in [2.24, 2.45) is 10.7 Å². The van der Waals surface area contributed by atoms with Crippen molar-refractivity contribution in [1.29, 1.82) is 0 Å². The van der Waals surface area contributed by atoms with Crippen LogP contribution in [0.25, 0.3) is 0 Å². The van der Waals surface area contributed by atoms with Crippen molar-refractivity contribution in [3.8, 4) is 0 Å². The van der Waals surface area contributed by atoms with Crippen LogP contribution in [0, 0.1) is 0 Å². The topological polar surface area (TPSA) is 92.4 Å². The number of pyridine rings is 1. The van der Waals surface area contributed by atoms with E-state index in [1.165, 1.54) is 0 Å². The molecule has 1 amide bonds. The van der Waals surface area contributed by atoms with E-state index in [1.54, 1.807) is 6.20 Å². The van der Waals surface area contributed by atoms with Gasteiger partial charge in [-0.15, -0.1) is 0 Å². The Labute approximate surface area is 141 Å². The molecule has 124 valence electrons. The van der Waals surface area contributed by atoms with E-state index < -0.39 is 0 Å². The Morgan fingerprint density at radius 2 is 2.12 bits per heavy atom. The molecule has 1 unspecified atom stereocenters. The van der Waals surface area contributed by atoms with Gasteiger partial charge in [-0.1, -0.05) is 24.3 Å². The summed E-state index contributed by atoms with van der Waals surface area (Å²) in [4.78, 5) is 20.5. The average molecular weight is 323 g/mol. The number of rotatable bonds is 5. The quantitative estimate of drug-likeness (QED) is 0.576. The summed E-state index contributed by atoms with van der Waals surface area (Å²) in [5, 5.41) is 5.98. The van der Waals surface area contributed by atoms with Crippen LogP contribution in [0.15, 0.2) is 53.7 Å². The molecule has 1 atom stereocenters. The monoisotopic (exact) mass is 323 g/mol. The summed E-state index contributed by atoms with van der Waals surface area (Å²) in [6.45, 7) is 1.17. The second-order valence-corrected chi connectivity index (χ2v) is 5.76. The lowest BCUT2D eigenvalue weighted by Gasteiger charge is -2.24. The van der Waals surface area contributed by atoms with E-state index in [1.807, 2.05) is 42.5 Å². The van der Waals surface area contributed by atoms with Gasteiger partial charge < -0.3 is 16.4 Å². The molecule has 0 fully saturated rings. The molecule has 2 heterocycles. The number of carbonyl (C=O) groups excluding carboxylic acids is 1. The van der Waals surface area contributed by atoms with Crippen molar-refractivity contribution in [2.45, 2.75) is 18.8 Å². The maximum Gasteiger partial charge on any atom is 0.225 e. The number of aromatic nitrogens is 1. The van der Waals surface area contributed by atoms with E-state index in [4.69, 9.17) is 5.73 Å². The molecular weight excluding hydrogens is 302 g/mol. The lowest BCUT2D eigenvalue weighted by atomic mass is 9.91. The first-order valence-corrected chi connectivity index (χ1v) is 8.05. The van der Waals surface area contributed by atoms with Crippen molar-refractivity contribution in [3.63, 3.8) is 0 Å². The Kier molecular flexibility index (Phi) is 5.05. The summed E-state index contributed by atoms with van der Waals surface area (Å²) < 4.78 is 0. The Balaban J connectivity index is 1.54. The first kappa shape index (κ1) is 16.0. The molecule has 0 aliphatic carbocycles. The standard InChI is InChI=1S/C18H21N5O/c19-18(21-10-8-14-5-3-4-9-20-14)22-12-13-11-17(24)23-16-7-2-1-6-15(13)16/h1-7,9,13H,8,10-12H2,(H,23,24)(H3,19,21,22). The van der Waals surface area contributed by atoms with Crippen LogP contribution in [0.3, 0.4) is 0 Å². The van der Waals surface area contributed by atoms with E-state index in [0.717, 1.165) is 23.4 Å². The number of hydrogen-bond acceptors (Lipinski definition) is 3. The molecule has 0 saturated heterocycles. The maximum atomic E-state index is 11.8. The van der Waals surface area contributed by atoms with Crippen LogP contribution in [-0.2, 0) is 11.2 Å². The van der Waals surface area contributed by atoms with E-state index in [0.29, 0.717) is 25.5 Å². The number of nitrogens with zero attached hydrogens (tertiary/aromatic N) is 2. The lowest BCUT2D eigenvalue weighted by Crippen LogP contribution is -2.34. The third-order valence-electron chi connectivity index (χ3n) is 4.00. The predicted octanol–water partition coefficient (Wildman–Crippen LogP) is 1.65. The van der Waals surface area contributed by atoms with Crippen LogP contribution in [0.5, 0.6) is 0 Å². The van der Waals surface area contributed by atoms with Crippen LogP contribution >= 0.6 is 0 Å². The predicted molar refractivity (Wildman–Crippen MR) is 94.9 cm³/mol. The highest BCUT2D eigenvalue weighted by Gasteiger charge is 2.24. The minimum atomic E-state index is 0.0237. The Bertz CT molecular complexity index is 729. The number of carbonyl (C=O) groups is 1. The van der Waals surface area contributed by atoms with Gasteiger partial charge in [-0.2, -0.15) is 0 Å². The number of fused-ring (bicyclic) bond motifs is 1. The van der Waals surface area contributed by atoms with Gasteiger partial charge in [0.1, 0.15) is 0 Å². The molecule has 1 aromatic heterocycles. The third kappa shape index (κ3) is 4.10. The van der Waals surface area contributed by atoms with Crippen LogP contribution in [-0.4, -0.2) is 29.9 Å². The molecule has 0 saturated carbocycles. The molecule has 3 rings (SSSR count). The number of nitrogens with one attached hydrogen (secondary N) is 2. The fourth-order valence-corrected chi connectivity index (χ4v) is 2.79. The Hall–Kier alpha value is -2.89. The van der Waals surface area contributed by atoms with Crippen LogP contribution in [0.4, 0.5) is 5.69 Å². The summed E-state index contributed by atoms with van der Waals surface area (Å²) in [5.74, 6) is 0.482. The number of nitrogens with two attached hydrogens (primary N) is 1. The van der Waals surface area contributed by atoms with Crippen LogP contribution in [0.1, 0.15) is 23.6 Å². The second-order valence-electron chi connectivity index (χ2n) is 5.76. The van der Waals surface area contributed by atoms with Gasteiger partial charge in [0.2, 0.25) is 5.91 Å². The highest BCUT2D eigenvalue weighted by atomic mass is 16.1. The first-order chi connectivity index (χ1) is 11.7. The number of anilines is 1. The zero-order valence-electron chi connectivity index (χ0n) is 13.4. The van der Waals surface area contributed by atoms with Crippen LogP contribution < -0.4 is 16.4 Å². The number of amides is 1. The molecular formula is C18H21N5O. The van der Waals surface area contributed by atoms with E-state index in [-0.39, 0.29) is 11.8 Å². The van der Waals surface area contributed by atoms with Gasteiger partial charge >= 0.3 is 0 Å². The molecule has 6 nitrogen and oxygen atoms in total. The smallest absolute Gasteiger partial charge is 0.225 e. The highest BCUT2D eigenvalue weighted by Crippen LogP contribution is 2.31. The molecule has 6 heteroatoms. The number of benzene rings is 1. The highest BCUT2D eigenvalue weighted by molar-refractivity contribution is 5.94. The van der Waals surface area contributed by atoms with Gasteiger partial charge in [0.25, 0.3) is 0 Å². The Morgan fingerprint density at radius 3 is 2.96 bits per heavy atom. The lowest BCUT2D eigenvalue weighted by molar-refractivity contribution is -0.116.